The SMILES string of the molecule is CN(C(=O)C12CCC(c3ccc(OC/C(=C/F)CN)cc3)(CC1)CC2)C1CCOCC1. The summed E-state index contributed by atoms with van der Waals surface area (Å²) < 4.78 is 23.8. The van der Waals surface area contributed by atoms with Gasteiger partial charge in [0.1, 0.15) is 12.4 Å². The molecule has 1 aromatic rings. The molecule has 0 aromatic heterocycles. The molecule has 170 valence electrons. The molecule has 0 atom stereocenters. The summed E-state index contributed by atoms with van der Waals surface area (Å²) >= 11 is 0. The smallest absolute Gasteiger partial charge is 0.228 e. The number of halogens is 1. The molecule has 2 N–H and O–H groups in total. The predicted molar refractivity (Wildman–Crippen MR) is 119 cm³/mol. The van der Waals surface area contributed by atoms with Gasteiger partial charge in [-0.05, 0) is 74.5 Å². The Kier molecular flexibility index (Phi) is 6.68. The van der Waals surface area contributed by atoms with Crippen LogP contribution >= 0.6 is 0 Å². The maximum absolute atomic E-state index is 13.5. The molecule has 1 aromatic carbocycles. The van der Waals surface area contributed by atoms with E-state index < -0.39 is 0 Å². The molecule has 1 saturated heterocycles. The van der Waals surface area contributed by atoms with Crippen molar-refractivity contribution in [1.82, 2.24) is 4.90 Å². The van der Waals surface area contributed by atoms with E-state index in [1.807, 2.05) is 24.1 Å². The lowest BCUT2D eigenvalue weighted by Gasteiger charge is -2.54. The lowest BCUT2D eigenvalue weighted by molar-refractivity contribution is -0.151. The average Bonchev–Trinajstić information content (AvgIpc) is 2.85. The topological polar surface area (TPSA) is 64.8 Å². The molecule has 4 fully saturated rings. The second-order valence-corrected chi connectivity index (χ2v) is 9.60. The van der Waals surface area contributed by atoms with Gasteiger partial charge in [0, 0.05) is 43.8 Å². The van der Waals surface area contributed by atoms with Crippen molar-refractivity contribution in [3.8, 4) is 5.75 Å². The van der Waals surface area contributed by atoms with Crippen LogP contribution in [0.4, 0.5) is 4.39 Å². The average molecular weight is 431 g/mol. The fraction of sp³-hybridized carbons (Fsp3) is 0.640. The molecular formula is C25H35FN2O3. The van der Waals surface area contributed by atoms with Crippen LogP contribution in [0.3, 0.4) is 0 Å². The molecule has 6 heteroatoms. The largest absolute Gasteiger partial charge is 0.489 e. The molecule has 1 aliphatic heterocycles. The maximum Gasteiger partial charge on any atom is 0.228 e. The van der Waals surface area contributed by atoms with E-state index in [9.17, 15) is 9.18 Å². The normalized spacial score (nSPS) is 29.1. The van der Waals surface area contributed by atoms with E-state index in [0.717, 1.165) is 70.3 Å². The van der Waals surface area contributed by atoms with E-state index in [1.54, 1.807) is 0 Å². The van der Waals surface area contributed by atoms with Crippen molar-refractivity contribution in [2.24, 2.45) is 11.1 Å². The zero-order chi connectivity index (χ0) is 21.9. The molecule has 31 heavy (non-hydrogen) atoms. The van der Waals surface area contributed by atoms with Crippen LogP contribution in [0.25, 0.3) is 0 Å². The fourth-order valence-corrected chi connectivity index (χ4v) is 5.77. The van der Waals surface area contributed by atoms with E-state index in [2.05, 4.69) is 12.1 Å². The third-order valence-corrected chi connectivity index (χ3v) is 8.07. The molecule has 0 unspecified atom stereocenters. The maximum atomic E-state index is 13.5. The van der Waals surface area contributed by atoms with Crippen LogP contribution in [-0.4, -0.2) is 50.3 Å². The molecule has 3 saturated carbocycles. The molecule has 4 aliphatic rings. The van der Waals surface area contributed by atoms with Crippen molar-refractivity contribution in [2.45, 2.75) is 62.8 Å². The first-order chi connectivity index (χ1) is 15.0. The number of nitrogens with zero attached hydrogens (tertiary/aromatic N) is 1. The molecule has 1 heterocycles. The van der Waals surface area contributed by atoms with Crippen LogP contribution in [-0.2, 0) is 14.9 Å². The van der Waals surface area contributed by atoms with Crippen LogP contribution in [0.5, 0.6) is 5.75 Å². The van der Waals surface area contributed by atoms with E-state index >= 15 is 0 Å². The second-order valence-electron chi connectivity index (χ2n) is 9.60. The lowest BCUT2D eigenvalue weighted by Crippen LogP contribution is -2.54. The van der Waals surface area contributed by atoms with E-state index in [0.29, 0.717) is 23.9 Å². The number of hydrogen-bond donors (Lipinski definition) is 1. The van der Waals surface area contributed by atoms with Crippen LogP contribution in [0.15, 0.2) is 36.2 Å². The number of amides is 1. The van der Waals surface area contributed by atoms with Gasteiger partial charge < -0.3 is 20.1 Å². The number of hydrogen-bond acceptors (Lipinski definition) is 4. The molecule has 1 amide bonds. The van der Waals surface area contributed by atoms with Crippen LogP contribution in [0.2, 0.25) is 0 Å². The summed E-state index contributed by atoms with van der Waals surface area (Å²) in [7, 11) is 2.00. The third-order valence-electron chi connectivity index (χ3n) is 8.07. The van der Waals surface area contributed by atoms with Crippen LogP contribution in [0.1, 0.15) is 56.9 Å². The first-order valence-corrected chi connectivity index (χ1v) is 11.6. The zero-order valence-electron chi connectivity index (χ0n) is 18.6. The quantitative estimate of drug-likeness (QED) is 0.707. The Hall–Kier alpha value is -1.92. The van der Waals surface area contributed by atoms with Gasteiger partial charge >= 0.3 is 0 Å². The number of rotatable bonds is 7. The van der Waals surface area contributed by atoms with E-state index in [-0.39, 0.29) is 24.0 Å². The Morgan fingerprint density at radius 3 is 2.32 bits per heavy atom. The van der Waals surface area contributed by atoms with Crippen molar-refractivity contribution in [1.29, 1.82) is 0 Å². The van der Waals surface area contributed by atoms with Gasteiger partial charge in [0.2, 0.25) is 5.91 Å². The van der Waals surface area contributed by atoms with Gasteiger partial charge in [-0.3, -0.25) is 4.79 Å². The highest BCUT2D eigenvalue weighted by Crippen LogP contribution is 2.58. The van der Waals surface area contributed by atoms with E-state index in [4.69, 9.17) is 15.2 Å². The molecule has 5 nitrogen and oxygen atoms in total. The number of carbonyl (C=O) groups is 1. The molecule has 0 spiro atoms. The number of carbonyl (C=O) groups excluding carboxylic acids is 1. The van der Waals surface area contributed by atoms with Gasteiger partial charge in [-0.1, -0.05) is 12.1 Å². The standard InChI is InChI=1S/C25H35FN2O3/c1-28(21-6-14-30-15-7-21)23(29)25-11-8-24(9-12-25,10-13-25)20-2-4-22(5-3-20)31-18-19(16-26)17-27/h2-5,16,21H,6-15,17-18,27H2,1H3/b19-16+. The highest BCUT2D eigenvalue weighted by atomic mass is 19.1. The van der Waals surface area contributed by atoms with Crippen molar-refractivity contribution < 1.29 is 18.7 Å². The molecular weight excluding hydrogens is 395 g/mol. The lowest BCUT2D eigenvalue weighted by atomic mass is 9.51. The Morgan fingerprint density at radius 1 is 1.16 bits per heavy atom. The minimum Gasteiger partial charge on any atom is -0.489 e. The zero-order valence-corrected chi connectivity index (χ0v) is 18.6. The summed E-state index contributed by atoms with van der Waals surface area (Å²) in [6.45, 7) is 1.84. The molecule has 5 rings (SSSR count). The van der Waals surface area contributed by atoms with Gasteiger partial charge in [0.15, 0.2) is 0 Å². The monoisotopic (exact) mass is 430 g/mol. The van der Waals surface area contributed by atoms with Crippen molar-refractivity contribution in [3.63, 3.8) is 0 Å². The number of ether oxygens (including phenoxy) is 2. The summed E-state index contributed by atoms with van der Waals surface area (Å²) in [6, 6.07) is 8.55. The first-order valence-electron chi connectivity index (χ1n) is 11.6. The minimum atomic E-state index is -0.171. The van der Waals surface area contributed by atoms with Gasteiger partial charge in [-0.2, -0.15) is 0 Å². The number of fused-ring (bicyclic) bond motifs is 3. The fourth-order valence-electron chi connectivity index (χ4n) is 5.77. The predicted octanol–water partition coefficient (Wildman–Crippen LogP) is 4.11. The van der Waals surface area contributed by atoms with Gasteiger partial charge in [-0.15, -0.1) is 0 Å². The highest BCUT2D eigenvalue weighted by Gasteiger charge is 2.54. The summed E-state index contributed by atoms with van der Waals surface area (Å²) in [5.74, 6) is 1.08. The minimum absolute atomic E-state index is 0.155. The van der Waals surface area contributed by atoms with Crippen LogP contribution < -0.4 is 10.5 Å². The van der Waals surface area contributed by atoms with Crippen LogP contribution in [0, 0.1) is 5.41 Å². The molecule has 2 bridgehead atoms. The summed E-state index contributed by atoms with van der Waals surface area (Å²) in [4.78, 5) is 15.5. The van der Waals surface area contributed by atoms with Gasteiger partial charge in [0.25, 0.3) is 0 Å². The summed E-state index contributed by atoms with van der Waals surface area (Å²) in [5, 5.41) is 0. The Bertz CT molecular complexity index is 777. The summed E-state index contributed by atoms with van der Waals surface area (Å²) in [5.41, 5.74) is 7.25. The Morgan fingerprint density at radius 2 is 1.77 bits per heavy atom. The Labute approximate surface area is 184 Å². The number of nitrogens with two attached hydrogens (primary N) is 1. The summed E-state index contributed by atoms with van der Waals surface area (Å²) in [6.07, 6.45) is 8.50. The third kappa shape index (κ3) is 4.37. The second kappa shape index (κ2) is 9.29. The van der Waals surface area contributed by atoms with Crippen molar-refractivity contribution in [3.05, 3.63) is 41.7 Å². The van der Waals surface area contributed by atoms with Gasteiger partial charge in [0.05, 0.1) is 6.33 Å². The van der Waals surface area contributed by atoms with E-state index in [1.165, 1.54) is 5.56 Å². The van der Waals surface area contributed by atoms with Crippen molar-refractivity contribution >= 4 is 5.91 Å². The van der Waals surface area contributed by atoms with Gasteiger partial charge in [-0.25, -0.2) is 4.39 Å². The van der Waals surface area contributed by atoms with Crippen molar-refractivity contribution in [2.75, 3.05) is 33.4 Å². The number of benzene rings is 1. The first kappa shape index (κ1) is 22.3. The molecule has 0 radical (unpaired) electrons. The Balaban J connectivity index is 1.38. The highest BCUT2D eigenvalue weighted by molar-refractivity contribution is 5.83. The molecule has 3 aliphatic carbocycles.